The number of likely N-dealkylation sites (tertiary alicyclic amines) is 1. The molecule has 0 bridgehead atoms. The Kier molecular flexibility index (Phi) is 35.8. The number of aliphatic imine (C=N–C) groups is 1. The maximum Gasteiger partial charge on any atom is 0.416 e. The lowest BCUT2D eigenvalue weighted by Gasteiger charge is -2.31. The van der Waals surface area contributed by atoms with Crippen molar-refractivity contribution in [2.75, 3.05) is 150 Å². The second-order valence-electron chi connectivity index (χ2n) is 27.3. The van der Waals surface area contributed by atoms with Gasteiger partial charge < -0.3 is 87.5 Å². The van der Waals surface area contributed by atoms with Crippen LogP contribution in [0.1, 0.15) is 130 Å². The third-order valence-corrected chi connectivity index (χ3v) is 19.7. The normalized spacial score (nSPS) is 17.9. The van der Waals surface area contributed by atoms with E-state index in [1.165, 1.54) is 35.9 Å². The van der Waals surface area contributed by atoms with Crippen LogP contribution in [0.3, 0.4) is 0 Å². The first-order chi connectivity index (χ1) is 52.7. The van der Waals surface area contributed by atoms with Crippen molar-refractivity contribution in [1.82, 2.24) is 25.3 Å². The minimum absolute atomic E-state index is 0.0146. The summed E-state index contributed by atoms with van der Waals surface area (Å²) in [5, 5.41) is 27.3. The maximum atomic E-state index is 14.3. The van der Waals surface area contributed by atoms with Crippen molar-refractivity contribution >= 4 is 82.5 Å². The molecule has 31 heteroatoms. The summed E-state index contributed by atoms with van der Waals surface area (Å²) >= 11 is 1.34. The molecule has 3 aromatic rings. The van der Waals surface area contributed by atoms with Crippen LogP contribution >= 0.6 is 11.8 Å². The molecule has 0 aliphatic carbocycles. The van der Waals surface area contributed by atoms with Gasteiger partial charge in [0.1, 0.15) is 18.1 Å². The number of unbranched alkanes of at least 4 members (excludes halogenated alkanes) is 2. The molecular formula is C78H107N7O23S. The second kappa shape index (κ2) is 45.2. The molecule has 109 heavy (non-hydrogen) atoms. The van der Waals surface area contributed by atoms with Crippen molar-refractivity contribution in [1.29, 1.82) is 0 Å². The number of nitrogens with one attached hydrogen (secondary N) is 2. The first-order valence-electron chi connectivity index (χ1n) is 37.3. The van der Waals surface area contributed by atoms with Gasteiger partial charge in [-0.2, -0.15) is 11.8 Å². The Bertz CT molecular complexity index is 3650. The fourth-order valence-corrected chi connectivity index (χ4v) is 13.3. The second-order valence-corrected chi connectivity index (χ2v) is 28.3. The number of anilines is 1. The molecule has 0 aromatic heterocycles. The van der Waals surface area contributed by atoms with E-state index in [1.54, 1.807) is 66.9 Å². The number of hydrogen-bond donors (Lipinski definition) is 4. The standard InChI is InChI=1S/C78H107N7O23S/c1-51(2)60(41-59(87)16-21-98-23-25-100-27-29-102-31-33-104-35-36-105-34-32-103-30-28-101-26-24-99-22-17-79-71(89)15-18-82-72(90)45-70(109-7)77(82)95)73(91)81-54(5)66(88)39-55-11-13-56(14-12-55)50-108-78(96)85-64-44-69(68(97-6)42-62(64)75(93)84-48-53(4)38-65(84)76(85)94)107-20-10-8-9-19-106-67-43-63-61(40-57(67)49-86)74(92)83-47-52(3)37-58(83)46-80-63/h11-14,40,42-44,46-48,51,54,58,60,65,70,76,86,94H,8-10,15-39,41,45,49-50H2,1-7H3,(H,79,89)(H,81,91)/t54-,58-,60-,65-,70?,76-/m0/s1. The molecule has 4 N–H and O–H groups in total. The molecule has 5 aliphatic rings. The summed E-state index contributed by atoms with van der Waals surface area (Å²) < 4.78 is 68.1. The summed E-state index contributed by atoms with van der Waals surface area (Å²) in [6.45, 7) is 15.1. The Balaban J connectivity index is 0.642. The summed E-state index contributed by atoms with van der Waals surface area (Å²) in [5.74, 6) is -2.11. The lowest BCUT2D eigenvalue weighted by Crippen LogP contribution is -2.50. The molecule has 1 fully saturated rings. The van der Waals surface area contributed by atoms with Crippen LogP contribution in [-0.4, -0.2) is 259 Å². The van der Waals surface area contributed by atoms with Gasteiger partial charge in [0.05, 0.1) is 179 Å². The largest absolute Gasteiger partial charge is 0.493 e. The van der Waals surface area contributed by atoms with E-state index in [9.17, 15) is 53.4 Å². The molecule has 5 heterocycles. The number of thioether (sulfide) groups is 1. The van der Waals surface area contributed by atoms with Crippen LogP contribution in [0.15, 0.2) is 77.1 Å². The fraction of sp³-hybridized carbons (Fsp3) is 0.590. The van der Waals surface area contributed by atoms with Crippen LogP contribution in [-0.2, 0) is 91.0 Å². The number of imide groups is 1. The number of ketones is 2. The van der Waals surface area contributed by atoms with Crippen molar-refractivity contribution in [2.45, 2.75) is 142 Å². The molecule has 1 unspecified atom stereocenters. The van der Waals surface area contributed by atoms with Crippen molar-refractivity contribution in [3.8, 4) is 17.2 Å². The van der Waals surface area contributed by atoms with Gasteiger partial charge in [-0.1, -0.05) is 49.3 Å². The van der Waals surface area contributed by atoms with Crippen LogP contribution in [0.25, 0.3) is 0 Å². The zero-order chi connectivity index (χ0) is 78.2. The van der Waals surface area contributed by atoms with Crippen molar-refractivity contribution in [2.24, 2.45) is 16.8 Å². The van der Waals surface area contributed by atoms with Crippen LogP contribution in [0.2, 0.25) is 0 Å². The van der Waals surface area contributed by atoms with Gasteiger partial charge in [-0.05, 0) is 88.3 Å². The van der Waals surface area contributed by atoms with E-state index in [0.717, 1.165) is 20.9 Å². The van der Waals surface area contributed by atoms with Crippen molar-refractivity contribution < 1.29 is 110 Å². The first-order valence-corrected chi connectivity index (χ1v) is 38.6. The number of carbonyl (C=O) groups is 9. The highest BCUT2D eigenvalue weighted by atomic mass is 32.2. The third kappa shape index (κ3) is 26.2. The number of ether oxygens (including phenoxy) is 12. The highest BCUT2D eigenvalue weighted by Gasteiger charge is 2.46. The Labute approximate surface area is 641 Å². The molecule has 6 atom stereocenters. The van der Waals surface area contributed by atoms with Crippen LogP contribution in [0, 0.1) is 11.8 Å². The van der Waals surface area contributed by atoms with Gasteiger partial charge in [0, 0.05) is 87.4 Å². The Morgan fingerprint density at radius 2 is 1.21 bits per heavy atom. The number of rotatable bonds is 51. The molecular weight excluding hydrogens is 1430 g/mol. The van der Waals surface area contributed by atoms with E-state index < -0.39 is 42.1 Å². The average molecular weight is 1540 g/mol. The number of hydrogen-bond acceptors (Lipinski definition) is 25. The van der Waals surface area contributed by atoms with Gasteiger partial charge in [-0.15, -0.1) is 0 Å². The van der Waals surface area contributed by atoms with Gasteiger partial charge in [-0.25, -0.2) is 9.69 Å². The first kappa shape index (κ1) is 86.4. The number of amides is 7. The number of aliphatic hydroxyl groups excluding tert-OH is 2. The van der Waals surface area contributed by atoms with Gasteiger partial charge in [0.2, 0.25) is 23.6 Å². The number of Topliss-reactive ketones (excluding diaryl/α,β-unsaturated/α-hetero) is 2. The molecule has 8 rings (SSSR count). The molecule has 0 spiro atoms. The maximum absolute atomic E-state index is 14.3. The minimum Gasteiger partial charge on any atom is -0.493 e. The van der Waals surface area contributed by atoms with E-state index >= 15 is 0 Å². The minimum atomic E-state index is -1.52. The number of methoxy groups -OCH3 is 1. The average Bonchev–Trinajstić information content (AvgIpc) is 1.61. The van der Waals surface area contributed by atoms with E-state index in [1.807, 2.05) is 33.9 Å². The van der Waals surface area contributed by atoms with E-state index in [-0.39, 0.29) is 147 Å². The number of benzene rings is 3. The monoisotopic (exact) mass is 1540 g/mol. The number of aliphatic hydroxyl groups is 2. The predicted octanol–water partition coefficient (Wildman–Crippen LogP) is 6.61. The van der Waals surface area contributed by atoms with Gasteiger partial charge in [0.15, 0.2) is 23.5 Å². The highest BCUT2D eigenvalue weighted by molar-refractivity contribution is 8.00. The Morgan fingerprint density at radius 1 is 0.642 bits per heavy atom. The summed E-state index contributed by atoms with van der Waals surface area (Å²) in [7, 11) is 1.44. The number of fused-ring (bicyclic) bond motifs is 4. The van der Waals surface area contributed by atoms with Crippen molar-refractivity contribution in [3.05, 3.63) is 99.9 Å². The number of nitrogens with zero attached hydrogens (tertiary/aromatic N) is 5. The summed E-state index contributed by atoms with van der Waals surface area (Å²) in [6, 6.07) is 11.3. The zero-order valence-electron chi connectivity index (χ0n) is 63.6. The number of carbonyl (C=O) groups excluding carboxylic acids is 9. The summed E-state index contributed by atoms with van der Waals surface area (Å²) in [5.41, 5.74) is 4.64. The molecule has 30 nitrogen and oxygen atoms in total. The molecule has 0 saturated carbocycles. The van der Waals surface area contributed by atoms with E-state index in [0.29, 0.717) is 171 Å². The van der Waals surface area contributed by atoms with Crippen LogP contribution < -0.4 is 29.7 Å². The van der Waals surface area contributed by atoms with Crippen molar-refractivity contribution in [3.63, 3.8) is 0 Å². The van der Waals surface area contributed by atoms with Gasteiger partial charge in [0.25, 0.3) is 11.8 Å². The molecule has 5 aliphatic heterocycles. The summed E-state index contributed by atoms with van der Waals surface area (Å²) in [6.07, 6.45) is 7.80. The fourth-order valence-electron chi connectivity index (χ4n) is 12.6. The zero-order valence-corrected chi connectivity index (χ0v) is 64.4. The smallest absolute Gasteiger partial charge is 0.416 e. The topological polar surface area (TPSA) is 354 Å². The van der Waals surface area contributed by atoms with E-state index in [2.05, 4.69) is 15.6 Å². The Hall–Kier alpha value is -8.21. The molecule has 3 aromatic carbocycles. The molecule has 0 radical (unpaired) electrons. The van der Waals surface area contributed by atoms with Crippen LogP contribution in [0.4, 0.5) is 16.2 Å². The lowest BCUT2D eigenvalue weighted by molar-refractivity contribution is -0.138. The predicted molar refractivity (Wildman–Crippen MR) is 402 cm³/mol. The molecule has 7 amide bonds. The SMILES string of the molecule is COc1cc2c(cc1OCCCCCOc1cc3c(cc1CO)C(=O)N1C=C(C)C[C@H]1C=N3)N(C(=O)OCc1ccc(CC(=O)[C@H](C)NC(=O)[C@@H](CC(=O)CCOCCOCCOCCOCCOCCOCCOCCOCCNC(=O)CCN3C(=O)CC(SC)C3=O)C(C)C)cc1)[C@@H](O)[C@@H]1CC(C)=CN1C2=O. The third-order valence-electron chi connectivity index (χ3n) is 18.8. The summed E-state index contributed by atoms with van der Waals surface area (Å²) in [4.78, 5) is 128. The Morgan fingerprint density at radius 3 is 1.80 bits per heavy atom. The van der Waals surface area contributed by atoms with Crippen LogP contribution in [0.5, 0.6) is 17.2 Å². The highest BCUT2D eigenvalue weighted by Crippen LogP contribution is 2.43. The van der Waals surface area contributed by atoms with Gasteiger partial charge in [-0.3, -0.25) is 48.2 Å². The molecule has 1 saturated heterocycles. The van der Waals surface area contributed by atoms with Gasteiger partial charge >= 0.3 is 6.09 Å². The quantitative estimate of drug-likeness (QED) is 0.0341. The lowest BCUT2D eigenvalue weighted by atomic mass is 9.88. The van der Waals surface area contributed by atoms with E-state index in [4.69, 9.17) is 56.8 Å². The molecule has 598 valence electrons.